The molecule has 3 amide bonds. The molecule has 0 bridgehead atoms. The number of urea groups is 1. The van der Waals surface area contributed by atoms with Crippen LogP contribution in [0.25, 0.3) is 0 Å². The van der Waals surface area contributed by atoms with Crippen molar-refractivity contribution in [2.45, 2.75) is 44.2 Å². The minimum atomic E-state index is -0.381. The molecule has 16 heavy (non-hydrogen) atoms. The first-order valence-electron chi connectivity index (χ1n) is 5.86. The lowest BCUT2D eigenvalue weighted by Crippen LogP contribution is -2.39. The van der Waals surface area contributed by atoms with Gasteiger partial charge in [-0.3, -0.25) is 9.69 Å². The summed E-state index contributed by atoms with van der Waals surface area (Å²) in [4.78, 5) is 25.1. The van der Waals surface area contributed by atoms with Gasteiger partial charge < -0.3 is 10.1 Å². The van der Waals surface area contributed by atoms with Crippen LogP contribution in [0.15, 0.2) is 0 Å². The zero-order valence-corrected chi connectivity index (χ0v) is 9.57. The number of amides is 3. The predicted octanol–water partition coefficient (Wildman–Crippen LogP) is 0.886. The van der Waals surface area contributed by atoms with Gasteiger partial charge in [0.15, 0.2) is 0 Å². The van der Waals surface area contributed by atoms with Crippen molar-refractivity contribution in [1.29, 1.82) is 0 Å². The smallest absolute Gasteiger partial charge is 0.325 e. The van der Waals surface area contributed by atoms with Crippen LogP contribution in [0, 0.1) is 0 Å². The summed E-state index contributed by atoms with van der Waals surface area (Å²) < 4.78 is 4.93. The molecule has 0 radical (unpaired) electrons. The van der Waals surface area contributed by atoms with Crippen LogP contribution >= 0.6 is 0 Å². The number of methoxy groups -OCH3 is 1. The summed E-state index contributed by atoms with van der Waals surface area (Å²) in [7, 11) is 1.59. The summed E-state index contributed by atoms with van der Waals surface area (Å²) in [6.07, 6.45) is 4.70. The van der Waals surface area contributed by atoms with E-state index >= 15 is 0 Å². The first-order valence-corrected chi connectivity index (χ1v) is 5.86. The fourth-order valence-corrected chi connectivity index (χ4v) is 2.49. The summed E-state index contributed by atoms with van der Waals surface area (Å²) in [6.45, 7) is 0.495. The Kier molecular flexibility index (Phi) is 3.43. The number of nitrogens with zero attached hydrogens (tertiary/aromatic N) is 1. The number of hydrogen-bond donors (Lipinski definition) is 1. The van der Waals surface area contributed by atoms with E-state index in [1.165, 1.54) is 4.90 Å². The van der Waals surface area contributed by atoms with Gasteiger partial charge in [0.25, 0.3) is 5.91 Å². The van der Waals surface area contributed by atoms with E-state index < -0.39 is 0 Å². The lowest BCUT2D eigenvalue weighted by Gasteiger charge is -2.20. The highest BCUT2D eigenvalue weighted by molar-refractivity contribution is 6.04. The lowest BCUT2D eigenvalue weighted by atomic mass is 10.2. The van der Waals surface area contributed by atoms with Gasteiger partial charge in [-0.15, -0.1) is 0 Å². The fraction of sp³-hybridized carbons (Fsp3) is 0.818. The molecule has 5 nitrogen and oxygen atoms in total. The molecule has 2 fully saturated rings. The van der Waals surface area contributed by atoms with Crippen molar-refractivity contribution in [3.63, 3.8) is 0 Å². The Hall–Kier alpha value is -1.10. The molecule has 1 N–H and O–H groups in total. The normalized spacial score (nSPS) is 26.6. The van der Waals surface area contributed by atoms with E-state index in [2.05, 4.69) is 5.32 Å². The molecule has 1 atom stereocenters. The third-order valence-corrected chi connectivity index (χ3v) is 3.35. The van der Waals surface area contributed by atoms with Crippen molar-refractivity contribution in [2.75, 3.05) is 13.7 Å². The van der Waals surface area contributed by atoms with Crippen molar-refractivity contribution in [3.05, 3.63) is 0 Å². The Morgan fingerprint density at radius 1 is 1.38 bits per heavy atom. The molecule has 2 rings (SSSR count). The molecular weight excluding hydrogens is 208 g/mol. The van der Waals surface area contributed by atoms with Crippen molar-refractivity contribution in [2.24, 2.45) is 0 Å². The second-order valence-corrected chi connectivity index (χ2v) is 4.43. The van der Waals surface area contributed by atoms with Crippen molar-refractivity contribution in [1.82, 2.24) is 10.2 Å². The third-order valence-electron chi connectivity index (χ3n) is 3.35. The van der Waals surface area contributed by atoms with Gasteiger partial charge in [-0.25, -0.2) is 4.79 Å². The van der Waals surface area contributed by atoms with Crippen LogP contribution in [-0.4, -0.2) is 42.6 Å². The fourth-order valence-electron chi connectivity index (χ4n) is 2.49. The summed E-state index contributed by atoms with van der Waals surface area (Å²) in [6, 6.07) is -0.480. The maximum absolute atomic E-state index is 12.0. The highest BCUT2D eigenvalue weighted by Crippen LogP contribution is 2.26. The molecule has 0 aromatic rings. The first kappa shape index (κ1) is 11.4. The monoisotopic (exact) mass is 226 g/mol. The van der Waals surface area contributed by atoms with Gasteiger partial charge in [-0.1, -0.05) is 12.8 Å². The molecule has 0 aromatic heterocycles. The molecule has 0 aromatic carbocycles. The van der Waals surface area contributed by atoms with Gasteiger partial charge in [-0.05, 0) is 12.8 Å². The van der Waals surface area contributed by atoms with Gasteiger partial charge in [0.2, 0.25) is 0 Å². The van der Waals surface area contributed by atoms with E-state index in [-0.39, 0.29) is 24.0 Å². The molecule has 5 heteroatoms. The maximum Gasteiger partial charge on any atom is 0.325 e. The Bertz CT molecular complexity index is 287. The van der Waals surface area contributed by atoms with E-state index in [9.17, 15) is 9.59 Å². The molecule has 2 aliphatic rings. The molecule has 0 spiro atoms. The standard InChI is InChI=1S/C11H18N2O3/c1-16-7-6-9-10(14)13(11(15)12-9)8-4-2-3-5-8/h8-9H,2-7H2,1H3,(H,12,15). The number of hydrogen-bond acceptors (Lipinski definition) is 3. The number of imide groups is 1. The molecule has 1 saturated heterocycles. The van der Waals surface area contributed by atoms with Crippen molar-refractivity contribution in [3.8, 4) is 0 Å². The van der Waals surface area contributed by atoms with E-state index in [0.717, 1.165) is 25.7 Å². The highest BCUT2D eigenvalue weighted by Gasteiger charge is 2.42. The third kappa shape index (κ3) is 2.04. The lowest BCUT2D eigenvalue weighted by molar-refractivity contribution is -0.129. The second-order valence-electron chi connectivity index (χ2n) is 4.43. The second kappa shape index (κ2) is 4.82. The zero-order valence-electron chi connectivity index (χ0n) is 9.57. The van der Waals surface area contributed by atoms with Crippen LogP contribution in [0.3, 0.4) is 0 Å². The van der Waals surface area contributed by atoms with E-state index in [0.29, 0.717) is 13.0 Å². The molecule has 1 saturated carbocycles. The summed E-state index contributed by atoms with van der Waals surface area (Å²) in [5, 5.41) is 2.72. The molecule has 1 unspecified atom stereocenters. The molecular formula is C11H18N2O3. The molecule has 1 heterocycles. The predicted molar refractivity (Wildman–Crippen MR) is 57.9 cm³/mol. The zero-order chi connectivity index (χ0) is 11.5. The van der Waals surface area contributed by atoms with Crippen LogP contribution in [0.2, 0.25) is 0 Å². The van der Waals surface area contributed by atoms with Crippen molar-refractivity contribution < 1.29 is 14.3 Å². The maximum atomic E-state index is 12.0. The Morgan fingerprint density at radius 2 is 2.06 bits per heavy atom. The Morgan fingerprint density at radius 3 is 2.69 bits per heavy atom. The summed E-state index contributed by atoms with van der Waals surface area (Å²) in [5.41, 5.74) is 0. The minimum Gasteiger partial charge on any atom is -0.385 e. The minimum absolute atomic E-state index is 0.0750. The molecule has 1 aliphatic heterocycles. The van der Waals surface area contributed by atoms with Crippen LogP contribution in [0.4, 0.5) is 4.79 Å². The molecule has 90 valence electrons. The number of ether oxygens (including phenoxy) is 1. The number of carbonyl (C=O) groups is 2. The van der Waals surface area contributed by atoms with Gasteiger partial charge in [-0.2, -0.15) is 0 Å². The largest absolute Gasteiger partial charge is 0.385 e. The van der Waals surface area contributed by atoms with Gasteiger partial charge >= 0.3 is 6.03 Å². The highest BCUT2D eigenvalue weighted by atomic mass is 16.5. The van der Waals surface area contributed by atoms with Crippen LogP contribution < -0.4 is 5.32 Å². The Balaban J connectivity index is 1.98. The van der Waals surface area contributed by atoms with Crippen LogP contribution in [-0.2, 0) is 9.53 Å². The van der Waals surface area contributed by atoms with Crippen LogP contribution in [0.1, 0.15) is 32.1 Å². The van der Waals surface area contributed by atoms with Crippen molar-refractivity contribution >= 4 is 11.9 Å². The number of carbonyl (C=O) groups excluding carboxylic acids is 2. The van der Waals surface area contributed by atoms with E-state index in [4.69, 9.17) is 4.74 Å². The average Bonchev–Trinajstić information content (AvgIpc) is 2.85. The molecule has 1 aliphatic carbocycles. The van der Waals surface area contributed by atoms with E-state index in [1.807, 2.05) is 0 Å². The van der Waals surface area contributed by atoms with Gasteiger partial charge in [0, 0.05) is 26.2 Å². The van der Waals surface area contributed by atoms with Gasteiger partial charge in [0.1, 0.15) is 6.04 Å². The average molecular weight is 226 g/mol. The first-order chi connectivity index (χ1) is 7.74. The number of nitrogens with one attached hydrogen (secondary N) is 1. The SMILES string of the molecule is COCCC1NC(=O)N(C2CCCC2)C1=O. The van der Waals surface area contributed by atoms with E-state index in [1.54, 1.807) is 7.11 Å². The Labute approximate surface area is 95.1 Å². The topological polar surface area (TPSA) is 58.6 Å². The summed E-state index contributed by atoms with van der Waals surface area (Å²) >= 11 is 0. The summed E-state index contributed by atoms with van der Waals surface area (Å²) in [5.74, 6) is -0.0750. The van der Waals surface area contributed by atoms with Gasteiger partial charge in [0.05, 0.1) is 0 Å². The number of rotatable bonds is 4. The quantitative estimate of drug-likeness (QED) is 0.724. The van der Waals surface area contributed by atoms with Crippen LogP contribution in [0.5, 0.6) is 0 Å².